The van der Waals surface area contributed by atoms with Gasteiger partial charge in [0, 0.05) is 27.3 Å². The zero-order valence-electron chi connectivity index (χ0n) is 13.8. The van der Waals surface area contributed by atoms with Crippen molar-refractivity contribution in [3.63, 3.8) is 0 Å². The third-order valence-electron chi connectivity index (χ3n) is 4.35. The van der Waals surface area contributed by atoms with Crippen LogP contribution in [-0.4, -0.2) is 25.0 Å². The molecule has 0 fully saturated rings. The molecule has 1 aliphatic heterocycles. The van der Waals surface area contributed by atoms with Crippen LogP contribution in [0.3, 0.4) is 0 Å². The monoisotopic (exact) mass is 439 g/mol. The lowest BCUT2D eigenvalue weighted by Crippen LogP contribution is -2.33. The minimum Gasteiger partial charge on any atom is -0.451 e. The van der Waals surface area contributed by atoms with Gasteiger partial charge in [-0.1, -0.05) is 53.0 Å². The molecule has 0 unspecified atom stereocenters. The van der Waals surface area contributed by atoms with Gasteiger partial charge in [-0.3, -0.25) is 4.79 Å². The van der Waals surface area contributed by atoms with E-state index in [-0.39, 0.29) is 22.4 Å². The number of para-hydroxylation sites is 1. The number of ether oxygens (including phenoxy) is 1. The maximum atomic E-state index is 12.5. The third kappa shape index (κ3) is 3.41. The molecule has 0 bridgehead atoms. The van der Waals surface area contributed by atoms with Gasteiger partial charge in [-0.15, -0.1) is 11.3 Å². The molecule has 4 nitrogen and oxygen atoms in total. The zero-order valence-corrected chi connectivity index (χ0v) is 16.9. The molecule has 0 saturated heterocycles. The Kier molecular flexibility index (Phi) is 5.03. The summed E-state index contributed by atoms with van der Waals surface area (Å²) in [6, 6.07) is 10.9. The van der Waals surface area contributed by atoms with Crippen molar-refractivity contribution in [3.05, 3.63) is 61.9 Å². The van der Waals surface area contributed by atoms with Crippen LogP contribution >= 0.6 is 46.1 Å². The molecule has 0 N–H and O–H groups in total. The molecule has 1 amide bonds. The van der Waals surface area contributed by atoms with Gasteiger partial charge in [0.25, 0.3) is 5.91 Å². The number of amides is 1. The van der Waals surface area contributed by atoms with E-state index in [1.807, 2.05) is 24.3 Å². The Morgan fingerprint density at radius 2 is 1.93 bits per heavy atom. The number of thiophene rings is 1. The van der Waals surface area contributed by atoms with Gasteiger partial charge in [-0.05, 0) is 30.2 Å². The molecule has 0 radical (unpaired) electrons. The van der Waals surface area contributed by atoms with E-state index in [9.17, 15) is 9.59 Å². The Morgan fingerprint density at radius 1 is 1.15 bits per heavy atom. The van der Waals surface area contributed by atoms with Crippen LogP contribution in [0.15, 0.2) is 36.4 Å². The number of halogens is 3. The van der Waals surface area contributed by atoms with Gasteiger partial charge in [0.1, 0.15) is 4.88 Å². The second-order valence-corrected chi connectivity index (χ2v) is 8.28. The molecule has 2 heterocycles. The first kappa shape index (κ1) is 18.6. The van der Waals surface area contributed by atoms with Crippen LogP contribution in [0.1, 0.15) is 15.2 Å². The molecular weight excluding hydrogens is 429 g/mol. The maximum Gasteiger partial charge on any atom is 0.350 e. The van der Waals surface area contributed by atoms with Crippen molar-refractivity contribution in [2.75, 3.05) is 18.1 Å². The van der Waals surface area contributed by atoms with Crippen LogP contribution in [0.5, 0.6) is 0 Å². The van der Waals surface area contributed by atoms with Crippen molar-refractivity contribution >= 4 is 73.8 Å². The minimum atomic E-state index is -0.658. The van der Waals surface area contributed by atoms with E-state index in [2.05, 4.69) is 0 Å². The summed E-state index contributed by atoms with van der Waals surface area (Å²) in [5, 5.41) is 1.58. The third-order valence-corrected chi connectivity index (χ3v) is 6.47. The van der Waals surface area contributed by atoms with Gasteiger partial charge >= 0.3 is 5.97 Å². The van der Waals surface area contributed by atoms with E-state index in [1.54, 1.807) is 17.0 Å². The van der Waals surface area contributed by atoms with Crippen molar-refractivity contribution in [2.45, 2.75) is 6.42 Å². The predicted molar refractivity (Wildman–Crippen MR) is 110 cm³/mol. The second kappa shape index (κ2) is 7.32. The van der Waals surface area contributed by atoms with Gasteiger partial charge in [-0.2, -0.15) is 0 Å². The first-order chi connectivity index (χ1) is 13.0. The van der Waals surface area contributed by atoms with E-state index >= 15 is 0 Å². The van der Waals surface area contributed by atoms with Crippen molar-refractivity contribution in [1.82, 2.24) is 0 Å². The molecule has 1 aliphatic rings. The number of rotatable bonds is 3. The quantitative estimate of drug-likeness (QED) is 0.497. The highest BCUT2D eigenvalue weighted by Gasteiger charge is 2.26. The molecule has 27 heavy (non-hydrogen) atoms. The van der Waals surface area contributed by atoms with Crippen molar-refractivity contribution in [2.24, 2.45) is 0 Å². The molecule has 8 heteroatoms. The van der Waals surface area contributed by atoms with E-state index in [1.165, 1.54) is 0 Å². The van der Waals surface area contributed by atoms with Gasteiger partial charge in [0.05, 0.1) is 10.0 Å². The van der Waals surface area contributed by atoms with Crippen LogP contribution in [0.2, 0.25) is 15.1 Å². The van der Waals surface area contributed by atoms with Gasteiger partial charge < -0.3 is 9.64 Å². The zero-order chi connectivity index (χ0) is 19.1. The highest BCUT2D eigenvalue weighted by molar-refractivity contribution is 7.21. The summed E-state index contributed by atoms with van der Waals surface area (Å²) in [5.74, 6) is -0.930. The SMILES string of the molecule is O=C(OCC(=O)N1CCc2ccccc21)c1sc2cc(Cl)cc(Cl)c2c1Cl. The first-order valence-corrected chi connectivity index (χ1v) is 10.0. The van der Waals surface area contributed by atoms with E-state index in [4.69, 9.17) is 39.5 Å². The number of esters is 1. The first-order valence-electron chi connectivity index (χ1n) is 8.08. The van der Waals surface area contributed by atoms with Crippen LogP contribution in [0, 0.1) is 0 Å². The summed E-state index contributed by atoms with van der Waals surface area (Å²) < 4.78 is 5.90. The Morgan fingerprint density at radius 3 is 2.74 bits per heavy atom. The molecule has 0 aliphatic carbocycles. The minimum absolute atomic E-state index is 0.199. The average Bonchev–Trinajstić information content (AvgIpc) is 3.21. The number of fused-ring (bicyclic) bond motifs is 2. The fraction of sp³-hybridized carbons (Fsp3) is 0.158. The van der Waals surface area contributed by atoms with Crippen LogP contribution < -0.4 is 4.90 Å². The van der Waals surface area contributed by atoms with Gasteiger partial charge in [-0.25, -0.2) is 4.79 Å². The standard InChI is InChI=1S/C19H12Cl3NO3S/c20-11-7-12(21)16-14(8-11)27-18(17(16)22)19(25)26-9-15(24)23-6-5-10-3-1-2-4-13(10)23/h1-4,7-8H,5-6,9H2. The molecule has 4 rings (SSSR count). The molecular formula is C19H12Cl3NO3S. The molecule has 1 aromatic heterocycles. The smallest absolute Gasteiger partial charge is 0.350 e. The summed E-state index contributed by atoms with van der Waals surface area (Å²) >= 11 is 19.6. The largest absolute Gasteiger partial charge is 0.451 e. The molecule has 0 spiro atoms. The van der Waals surface area contributed by atoms with Crippen LogP contribution in [0.25, 0.3) is 10.1 Å². The summed E-state index contributed by atoms with van der Waals surface area (Å²) in [5.41, 5.74) is 1.97. The van der Waals surface area contributed by atoms with E-state index in [0.29, 0.717) is 26.7 Å². The molecule has 0 atom stereocenters. The Hall–Kier alpha value is -1.79. The summed E-state index contributed by atoms with van der Waals surface area (Å²) in [6.45, 7) is 0.222. The van der Waals surface area contributed by atoms with Crippen molar-refractivity contribution < 1.29 is 14.3 Å². The summed E-state index contributed by atoms with van der Waals surface area (Å²) in [7, 11) is 0. The fourth-order valence-corrected chi connectivity index (χ4v) is 5.37. The number of benzene rings is 2. The molecule has 3 aromatic rings. The van der Waals surface area contributed by atoms with Crippen LogP contribution in [0.4, 0.5) is 5.69 Å². The van der Waals surface area contributed by atoms with Gasteiger partial charge in [0.2, 0.25) is 0 Å². The molecule has 138 valence electrons. The number of carbonyl (C=O) groups excluding carboxylic acids is 2. The lowest BCUT2D eigenvalue weighted by atomic mass is 10.2. The molecule has 0 saturated carbocycles. The Labute approximate surface area is 174 Å². The van der Waals surface area contributed by atoms with Crippen molar-refractivity contribution in [3.8, 4) is 0 Å². The maximum absolute atomic E-state index is 12.5. The second-order valence-electron chi connectivity index (χ2n) is 6.01. The fourth-order valence-electron chi connectivity index (χ4n) is 3.11. The topological polar surface area (TPSA) is 46.6 Å². The number of nitrogens with zero attached hydrogens (tertiary/aromatic N) is 1. The number of hydrogen-bond donors (Lipinski definition) is 0. The Bertz CT molecular complexity index is 1080. The highest BCUT2D eigenvalue weighted by Crippen LogP contribution is 2.41. The summed E-state index contributed by atoms with van der Waals surface area (Å²) in [6.07, 6.45) is 0.789. The number of hydrogen-bond acceptors (Lipinski definition) is 4. The summed E-state index contributed by atoms with van der Waals surface area (Å²) in [4.78, 5) is 26.8. The van der Waals surface area contributed by atoms with Gasteiger partial charge in [0.15, 0.2) is 6.61 Å². The molecule has 2 aromatic carbocycles. The van der Waals surface area contributed by atoms with Crippen LogP contribution in [-0.2, 0) is 16.0 Å². The average molecular weight is 441 g/mol. The van der Waals surface area contributed by atoms with E-state index in [0.717, 1.165) is 29.0 Å². The number of carbonyl (C=O) groups is 2. The van der Waals surface area contributed by atoms with E-state index < -0.39 is 5.97 Å². The predicted octanol–water partition coefficient (Wildman–Crippen LogP) is 5.61. The van der Waals surface area contributed by atoms with Crippen molar-refractivity contribution in [1.29, 1.82) is 0 Å². The normalized spacial score (nSPS) is 13.1. The number of anilines is 1. The lowest BCUT2D eigenvalue weighted by molar-refractivity contribution is -0.121. The highest BCUT2D eigenvalue weighted by atomic mass is 35.5. The lowest BCUT2D eigenvalue weighted by Gasteiger charge is -2.17. The Balaban J connectivity index is 1.50.